The molecule has 0 aliphatic carbocycles. The molecule has 3 aromatic rings. The summed E-state index contributed by atoms with van der Waals surface area (Å²) in [5.74, 6) is 0.319. The number of thiazole rings is 1. The predicted octanol–water partition coefficient (Wildman–Crippen LogP) is 3.69. The number of nitrogens with zero attached hydrogens (tertiary/aromatic N) is 3. The maximum absolute atomic E-state index is 12.8. The minimum atomic E-state index is -0.0472. The second kappa shape index (κ2) is 7.52. The van der Waals surface area contributed by atoms with E-state index in [9.17, 15) is 4.79 Å². The van der Waals surface area contributed by atoms with Crippen molar-refractivity contribution in [1.29, 1.82) is 0 Å². The lowest BCUT2D eigenvalue weighted by molar-refractivity contribution is 0.0592. The number of para-hydroxylation sites is 1. The zero-order valence-corrected chi connectivity index (χ0v) is 16.2. The van der Waals surface area contributed by atoms with Gasteiger partial charge < -0.3 is 14.4 Å². The van der Waals surface area contributed by atoms with Crippen molar-refractivity contribution in [1.82, 2.24) is 14.9 Å². The minimum Gasteiger partial charge on any atom is -0.480 e. The quantitative estimate of drug-likeness (QED) is 0.687. The van der Waals surface area contributed by atoms with Crippen LogP contribution < -0.4 is 9.47 Å². The van der Waals surface area contributed by atoms with Gasteiger partial charge in [0.1, 0.15) is 11.7 Å². The standard InChI is InChI=1S/C20H21N3O3S/c1-13-5-3-7-16-17(13)22-20(27-16)26-14-8-11-23(12-9-14)19(24)15-6-4-10-21-18(15)25-2/h3-7,10,14H,8-9,11-12H2,1-2H3. The van der Waals surface area contributed by atoms with Crippen LogP contribution in [0.1, 0.15) is 28.8 Å². The summed E-state index contributed by atoms with van der Waals surface area (Å²) < 4.78 is 12.5. The average molecular weight is 383 g/mol. The lowest BCUT2D eigenvalue weighted by atomic mass is 10.1. The number of amides is 1. The van der Waals surface area contributed by atoms with Crippen molar-refractivity contribution in [3.63, 3.8) is 0 Å². The topological polar surface area (TPSA) is 64.5 Å². The zero-order chi connectivity index (χ0) is 18.8. The molecule has 0 radical (unpaired) electrons. The maximum Gasteiger partial charge on any atom is 0.274 e. The minimum absolute atomic E-state index is 0.0472. The lowest BCUT2D eigenvalue weighted by Crippen LogP contribution is -2.41. The molecule has 27 heavy (non-hydrogen) atoms. The van der Waals surface area contributed by atoms with Gasteiger partial charge in [0.2, 0.25) is 5.88 Å². The molecule has 1 fully saturated rings. The molecular formula is C20H21N3O3S. The van der Waals surface area contributed by atoms with E-state index in [0.717, 1.165) is 28.6 Å². The molecule has 0 unspecified atom stereocenters. The van der Waals surface area contributed by atoms with Crippen LogP contribution in [0.5, 0.6) is 11.1 Å². The van der Waals surface area contributed by atoms with E-state index in [0.29, 0.717) is 29.7 Å². The third-order valence-electron chi connectivity index (χ3n) is 4.79. The number of aromatic nitrogens is 2. The summed E-state index contributed by atoms with van der Waals surface area (Å²) in [6.07, 6.45) is 3.26. The first-order valence-corrected chi connectivity index (χ1v) is 9.78. The number of pyridine rings is 1. The van der Waals surface area contributed by atoms with Gasteiger partial charge in [0.15, 0.2) is 0 Å². The third-order valence-corrected chi connectivity index (χ3v) is 5.70. The fraction of sp³-hybridized carbons (Fsp3) is 0.350. The Labute approximate surface area is 161 Å². The number of hydrogen-bond acceptors (Lipinski definition) is 6. The molecule has 7 heteroatoms. The zero-order valence-electron chi connectivity index (χ0n) is 15.3. The van der Waals surface area contributed by atoms with Crippen LogP contribution in [0.3, 0.4) is 0 Å². The molecule has 2 aromatic heterocycles. The van der Waals surface area contributed by atoms with Crippen LogP contribution in [-0.4, -0.2) is 47.1 Å². The smallest absolute Gasteiger partial charge is 0.274 e. The summed E-state index contributed by atoms with van der Waals surface area (Å²) in [7, 11) is 1.53. The molecule has 1 amide bonds. The van der Waals surface area contributed by atoms with E-state index in [1.165, 1.54) is 7.11 Å². The van der Waals surface area contributed by atoms with Crippen molar-refractivity contribution in [3.05, 3.63) is 47.7 Å². The molecule has 0 bridgehead atoms. The highest BCUT2D eigenvalue weighted by molar-refractivity contribution is 7.20. The largest absolute Gasteiger partial charge is 0.480 e. The number of hydrogen-bond donors (Lipinski definition) is 0. The van der Waals surface area contributed by atoms with E-state index in [1.54, 1.807) is 29.7 Å². The first-order chi connectivity index (χ1) is 13.2. The summed E-state index contributed by atoms with van der Waals surface area (Å²) in [6, 6.07) is 9.66. The van der Waals surface area contributed by atoms with Crippen molar-refractivity contribution in [2.75, 3.05) is 20.2 Å². The number of carbonyl (C=O) groups excluding carboxylic acids is 1. The normalized spacial score (nSPS) is 15.1. The van der Waals surface area contributed by atoms with Crippen LogP contribution in [0, 0.1) is 6.92 Å². The average Bonchev–Trinajstić information content (AvgIpc) is 3.12. The van der Waals surface area contributed by atoms with Crippen LogP contribution in [0.2, 0.25) is 0 Å². The number of carbonyl (C=O) groups is 1. The van der Waals surface area contributed by atoms with E-state index >= 15 is 0 Å². The Kier molecular flexibility index (Phi) is 4.94. The molecule has 1 aromatic carbocycles. The van der Waals surface area contributed by atoms with Crippen molar-refractivity contribution in [2.24, 2.45) is 0 Å². The highest BCUT2D eigenvalue weighted by Crippen LogP contribution is 2.31. The number of methoxy groups -OCH3 is 1. The van der Waals surface area contributed by atoms with Gasteiger partial charge in [-0.05, 0) is 30.7 Å². The van der Waals surface area contributed by atoms with Gasteiger partial charge in [-0.25, -0.2) is 9.97 Å². The highest BCUT2D eigenvalue weighted by Gasteiger charge is 2.27. The van der Waals surface area contributed by atoms with Gasteiger partial charge in [0.25, 0.3) is 11.1 Å². The molecule has 4 rings (SSSR count). The van der Waals surface area contributed by atoms with Crippen molar-refractivity contribution in [3.8, 4) is 11.1 Å². The van der Waals surface area contributed by atoms with Gasteiger partial charge in [-0.15, -0.1) is 0 Å². The first-order valence-electron chi connectivity index (χ1n) is 8.97. The van der Waals surface area contributed by atoms with Crippen LogP contribution in [-0.2, 0) is 0 Å². The number of rotatable bonds is 4. The van der Waals surface area contributed by atoms with E-state index < -0.39 is 0 Å². The van der Waals surface area contributed by atoms with Gasteiger partial charge in [0.05, 0.1) is 17.3 Å². The summed E-state index contributed by atoms with van der Waals surface area (Å²) in [4.78, 5) is 23.3. The van der Waals surface area contributed by atoms with E-state index in [1.807, 2.05) is 11.0 Å². The van der Waals surface area contributed by atoms with Crippen LogP contribution in [0.15, 0.2) is 36.5 Å². The second-order valence-corrected chi connectivity index (χ2v) is 7.56. The summed E-state index contributed by atoms with van der Waals surface area (Å²) in [5, 5.41) is 0.706. The van der Waals surface area contributed by atoms with Crippen LogP contribution >= 0.6 is 11.3 Å². The van der Waals surface area contributed by atoms with Gasteiger partial charge in [-0.2, -0.15) is 0 Å². The number of aryl methyl sites for hydroxylation is 1. The molecular weight excluding hydrogens is 362 g/mol. The number of likely N-dealkylation sites (tertiary alicyclic amines) is 1. The Morgan fingerprint density at radius 1 is 1.22 bits per heavy atom. The number of benzene rings is 1. The Morgan fingerprint density at radius 2 is 2.04 bits per heavy atom. The molecule has 0 N–H and O–H groups in total. The Morgan fingerprint density at radius 3 is 2.78 bits per heavy atom. The third kappa shape index (κ3) is 3.60. The maximum atomic E-state index is 12.8. The van der Waals surface area contributed by atoms with Crippen molar-refractivity contribution in [2.45, 2.75) is 25.9 Å². The highest BCUT2D eigenvalue weighted by atomic mass is 32.1. The molecule has 0 atom stereocenters. The molecule has 1 aliphatic rings. The number of fused-ring (bicyclic) bond motifs is 1. The summed E-state index contributed by atoms with van der Waals surface area (Å²) in [5.41, 5.74) is 2.67. The molecule has 0 saturated carbocycles. The van der Waals surface area contributed by atoms with Gasteiger partial charge in [-0.3, -0.25) is 4.79 Å². The first kappa shape index (κ1) is 17.7. The Hall–Kier alpha value is -2.67. The Balaban J connectivity index is 1.39. The molecule has 1 aliphatic heterocycles. The van der Waals surface area contributed by atoms with E-state index in [-0.39, 0.29) is 12.0 Å². The second-order valence-electron chi connectivity index (χ2n) is 6.57. The van der Waals surface area contributed by atoms with Crippen molar-refractivity contribution < 1.29 is 14.3 Å². The van der Waals surface area contributed by atoms with Gasteiger partial charge in [0, 0.05) is 32.1 Å². The monoisotopic (exact) mass is 383 g/mol. The molecule has 140 valence electrons. The molecule has 1 saturated heterocycles. The summed E-state index contributed by atoms with van der Waals surface area (Å²) >= 11 is 1.58. The van der Waals surface area contributed by atoms with Crippen LogP contribution in [0.25, 0.3) is 10.2 Å². The van der Waals surface area contributed by atoms with Gasteiger partial charge >= 0.3 is 0 Å². The van der Waals surface area contributed by atoms with E-state index in [2.05, 4.69) is 29.0 Å². The van der Waals surface area contributed by atoms with Crippen LogP contribution in [0.4, 0.5) is 0 Å². The van der Waals surface area contributed by atoms with Crippen molar-refractivity contribution >= 4 is 27.5 Å². The van der Waals surface area contributed by atoms with Gasteiger partial charge in [-0.1, -0.05) is 23.5 Å². The lowest BCUT2D eigenvalue weighted by Gasteiger charge is -2.31. The Bertz CT molecular complexity index is 964. The number of ether oxygens (including phenoxy) is 2. The fourth-order valence-corrected chi connectivity index (χ4v) is 4.28. The molecule has 6 nitrogen and oxygen atoms in total. The molecule has 0 spiro atoms. The SMILES string of the molecule is COc1ncccc1C(=O)N1CCC(Oc2nc3c(C)cccc3s2)CC1. The summed E-state index contributed by atoms with van der Waals surface area (Å²) in [6.45, 7) is 3.35. The fourth-order valence-electron chi connectivity index (χ4n) is 3.32. The predicted molar refractivity (Wildman–Crippen MR) is 105 cm³/mol. The number of piperidine rings is 1. The van der Waals surface area contributed by atoms with E-state index in [4.69, 9.17) is 9.47 Å². The molecule has 3 heterocycles.